The van der Waals surface area contributed by atoms with Gasteiger partial charge in [-0.15, -0.1) is 0 Å². The Bertz CT molecular complexity index is 559. The summed E-state index contributed by atoms with van der Waals surface area (Å²) in [6.07, 6.45) is 1.01. The normalized spacial score (nSPS) is 11.1. The fraction of sp³-hybridized carbons (Fsp3) is 0.300. The Kier molecular flexibility index (Phi) is 4.55. The quantitative estimate of drug-likeness (QED) is 0.477. The molecule has 0 spiro atoms. The molecule has 0 heterocycles. The molecule has 0 aromatic heterocycles. The lowest BCUT2D eigenvalue weighted by molar-refractivity contribution is -0.119. The molecule has 1 aromatic rings. The van der Waals surface area contributed by atoms with Crippen LogP contribution in [0, 0.1) is 6.92 Å². The molecule has 0 unspecified atom stereocenters. The van der Waals surface area contributed by atoms with Crippen molar-refractivity contribution in [3.63, 3.8) is 0 Å². The van der Waals surface area contributed by atoms with Crippen LogP contribution in [0.3, 0.4) is 0 Å². The van der Waals surface area contributed by atoms with E-state index in [4.69, 9.17) is 17.4 Å². The molecule has 0 radical (unpaired) electrons. The molecule has 0 aliphatic heterocycles. The molecular formula is C10H14ClN3O3S. The number of hydrazine groups is 1. The number of nitrogens with zero attached hydrogens (tertiary/aromatic N) is 1. The first kappa shape index (κ1) is 14.7. The topological polar surface area (TPSA) is 92.5 Å². The van der Waals surface area contributed by atoms with Gasteiger partial charge in [0.25, 0.3) is 5.91 Å². The summed E-state index contributed by atoms with van der Waals surface area (Å²) >= 11 is 5.93. The predicted octanol–water partition coefficient (Wildman–Crippen LogP) is 0.404. The standard InChI is InChI=1S/C10H14ClN3O3S/c1-7-8(11)4-3-5-9(7)14(18(2,16)17)6-10(15)13-12/h3-5H,6,12H2,1-2H3,(H,13,15). The van der Waals surface area contributed by atoms with Crippen molar-refractivity contribution in [2.75, 3.05) is 17.1 Å². The second-order valence-corrected chi connectivity index (χ2v) is 6.04. The Hall–Kier alpha value is -1.31. The van der Waals surface area contributed by atoms with E-state index in [2.05, 4.69) is 0 Å². The largest absolute Gasteiger partial charge is 0.293 e. The Balaban J connectivity index is 3.27. The molecule has 0 atom stereocenters. The molecule has 0 aliphatic carbocycles. The maximum Gasteiger partial charge on any atom is 0.254 e. The van der Waals surface area contributed by atoms with Gasteiger partial charge in [-0.3, -0.25) is 14.5 Å². The molecule has 0 aliphatic rings. The molecule has 100 valence electrons. The lowest BCUT2D eigenvalue weighted by Crippen LogP contribution is -2.43. The highest BCUT2D eigenvalue weighted by atomic mass is 35.5. The highest BCUT2D eigenvalue weighted by Crippen LogP contribution is 2.27. The van der Waals surface area contributed by atoms with Crippen molar-refractivity contribution in [1.29, 1.82) is 0 Å². The molecular weight excluding hydrogens is 278 g/mol. The molecule has 8 heteroatoms. The third-order valence-corrected chi connectivity index (χ3v) is 3.89. The van der Waals surface area contributed by atoms with E-state index < -0.39 is 22.5 Å². The van der Waals surface area contributed by atoms with Crippen LogP contribution >= 0.6 is 11.6 Å². The van der Waals surface area contributed by atoms with Crippen LogP contribution in [-0.2, 0) is 14.8 Å². The number of benzene rings is 1. The maximum atomic E-state index is 11.7. The van der Waals surface area contributed by atoms with Crippen LogP contribution < -0.4 is 15.6 Å². The highest BCUT2D eigenvalue weighted by molar-refractivity contribution is 7.92. The number of hydrogen-bond donors (Lipinski definition) is 2. The van der Waals surface area contributed by atoms with Crippen LogP contribution in [0.4, 0.5) is 5.69 Å². The van der Waals surface area contributed by atoms with Gasteiger partial charge in [0.2, 0.25) is 10.0 Å². The number of amides is 1. The van der Waals surface area contributed by atoms with Crippen molar-refractivity contribution in [3.8, 4) is 0 Å². The van der Waals surface area contributed by atoms with Crippen molar-refractivity contribution in [3.05, 3.63) is 28.8 Å². The van der Waals surface area contributed by atoms with E-state index in [-0.39, 0.29) is 0 Å². The summed E-state index contributed by atoms with van der Waals surface area (Å²) in [5.74, 6) is 4.35. The first-order valence-corrected chi connectivity index (χ1v) is 7.22. The van der Waals surface area contributed by atoms with Gasteiger partial charge in [0, 0.05) is 5.02 Å². The van der Waals surface area contributed by atoms with Crippen molar-refractivity contribution in [2.24, 2.45) is 5.84 Å². The van der Waals surface area contributed by atoms with Gasteiger partial charge >= 0.3 is 0 Å². The Morgan fingerprint density at radius 1 is 1.50 bits per heavy atom. The molecule has 0 bridgehead atoms. The smallest absolute Gasteiger partial charge is 0.254 e. The maximum absolute atomic E-state index is 11.7. The van der Waals surface area contributed by atoms with Crippen molar-refractivity contribution >= 4 is 33.2 Å². The van der Waals surface area contributed by atoms with Gasteiger partial charge in [-0.2, -0.15) is 0 Å². The zero-order valence-electron chi connectivity index (χ0n) is 9.97. The van der Waals surface area contributed by atoms with Crippen LogP contribution in [0.25, 0.3) is 0 Å². The number of carbonyl (C=O) groups is 1. The Labute approximate surface area is 111 Å². The summed E-state index contributed by atoms with van der Waals surface area (Å²) in [5, 5.41) is 0.425. The number of carbonyl (C=O) groups excluding carboxylic acids is 1. The predicted molar refractivity (Wildman–Crippen MR) is 70.7 cm³/mol. The summed E-state index contributed by atoms with van der Waals surface area (Å²) in [4.78, 5) is 11.3. The van der Waals surface area contributed by atoms with Gasteiger partial charge in [-0.05, 0) is 24.6 Å². The number of nitrogens with two attached hydrogens (primary N) is 1. The first-order chi connectivity index (χ1) is 8.27. The average molecular weight is 292 g/mol. The minimum atomic E-state index is -3.60. The van der Waals surface area contributed by atoms with Gasteiger partial charge in [0.1, 0.15) is 6.54 Å². The van der Waals surface area contributed by atoms with E-state index in [1.54, 1.807) is 25.1 Å². The monoisotopic (exact) mass is 291 g/mol. The third-order valence-electron chi connectivity index (χ3n) is 2.36. The Morgan fingerprint density at radius 3 is 2.61 bits per heavy atom. The number of nitrogens with one attached hydrogen (secondary N) is 1. The van der Waals surface area contributed by atoms with Gasteiger partial charge < -0.3 is 0 Å². The number of anilines is 1. The molecule has 6 nitrogen and oxygen atoms in total. The fourth-order valence-electron chi connectivity index (χ4n) is 1.42. The van der Waals surface area contributed by atoms with Crippen LogP contribution in [0.2, 0.25) is 5.02 Å². The molecule has 1 amide bonds. The Morgan fingerprint density at radius 2 is 2.11 bits per heavy atom. The number of sulfonamides is 1. The summed E-state index contributed by atoms with van der Waals surface area (Å²) < 4.78 is 24.4. The van der Waals surface area contributed by atoms with Crippen molar-refractivity contribution in [1.82, 2.24) is 5.43 Å². The number of rotatable bonds is 4. The second kappa shape index (κ2) is 5.55. The minimum absolute atomic E-state index is 0.355. The summed E-state index contributed by atoms with van der Waals surface area (Å²) in [6, 6.07) is 4.83. The minimum Gasteiger partial charge on any atom is -0.293 e. The summed E-state index contributed by atoms with van der Waals surface area (Å²) in [6.45, 7) is 1.28. The zero-order chi connectivity index (χ0) is 13.9. The molecule has 1 rings (SSSR count). The van der Waals surface area contributed by atoms with E-state index >= 15 is 0 Å². The molecule has 0 fully saturated rings. The fourth-order valence-corrected chi connectivity index (χ4v) is 2.50. The van der Waals surface area contributed by atoms with Gasteiger partial charge in [0.15, 0.2) is 0 Å². The molecule has 0 saturated carbocycles. The number of hydrogen-bond acceptors (Lipinski definition) is 4. The number of halogens is 1. The molecule has 1 aromatic carbocycles. The van der Waals surface area contributed by atoms with E-state index in [1.807, 2.05) is 5.43 Å². The van der Waals surface area contributed by atoms with E-state index in [9.17, 15) is 13.2 Å². The van der Waals surface area contributed by atoms with Crippen LogP contribution in [0.5, 0.6) is 0 Å². The SMILES string of the molecule is Cc1c(Cl)cccc1N(CC(=O)NN)S(C)(=O)=O. The lowest BCUT2D eigenvalue weighted by Gasteiger charge is -2.23. The van der Waals surface area contributed by atoms with Gasteiger partial charge in [-0.25, -0.2) is 14.3 Å². The van der Waals surface area contributed by atoms with Gasteiger partial charge in [0.05, 0.1) is 11.9 Å². The molecule has 3 N–H and O–H groups in total. The van der Waals surface area contributed by atoms with Crippen LogP contribution in [0.15, 0.2) is 18.2 Å². The first-order valence-electron chi connectivity index (χ1n) is 4.99. The van der Waals surface area contributed by atoms with Crippen LogP contribution in [0.1, 0.15) is 5.56 Å². The van der Waals surface area contributed by atoms with E-state index in [1.165, 1.54) is 0 Å². The summed E-state index contributed by atoms with van der Waals surface area (Å²) in [7, 11) is -3.60. The van der Waals surface area contributed by atoms with E-state index in [0.717, 1.165) is 10.6 Å². The average Bonchev–Trinajstić information content (AvgIpc) is 2.28. The van der Waals surface area contributed by atoms with Crippen LogP contribution in [-0.4, -0.2) is 27.1 Å². The summed E-state index contributed by atoms with van der Waals surface area (Å²) in [5.41, 5.74) is 2.83. The van der Waals surface area contributed by atoms with E-state index in [0.29, 0.717) is 16.3 Å². The van der Waals surface area contributed by atoms with Crippen molar-refractivity contribution in [2.45, 2.75) is 6.92 Å². The zero-order valence-corrected chi connectivity index (χ0v) is 11.5. The van der Waals surface area contributed by atoms with Crippen molar-refractivity contribution < 1.29 is 13.2 Å². The third kappa shape index (κ3) is 3.34. The highest BCUT2D eigenvalue weighted by Gasteiger charge is 2.22. The molecule has 0 saturated heterocycles. The second-order valence-electron chi connectivity index (χ2n) is 3.72. The molecule has 18 heavy (non-hydrogen) atoms. The lowest BCUT2D eigenvalue weighted by atomic mass is 10.2. The van der Waals surface area contributed by atoms with Gasteiger partial charge in [-0.1, -0.05) is 17.7 Å².